The Kier molecular flexibility index (Phi) is 4.95. The predicted octanol–water partition coefficient (Wildman–Crippen LogP) is 3.85. The fourth-order valence-electron chi connectivity index (χ4n) is 2.94. The Hall–Kier alpha value is -1.37. The van der Waals surface area contributed by atoms with E-state index in [4.69, 9.17) is 9.78 Å². The van der Waals surface area contributed by atoms with Crippen LogP contribution in [0.15, 0.2) is 4.52 Å². The lowest BCUT2D eigenvalue weighted by molar-refractivity contribution is 0.294. The molecule has 4 nitrogen and oxygen atoms in total. The van der Waals surface area contributed by atoms with E-state index in [1.165, 1.54) is 38.5 Å². The summed E-state index contributed by atoms with van der Waals surface area (Å²) in [6.07, 6.45) is 8.13. The van der Waals surface area contributed by atoms with Gasteiger partial charge in [-0.05, 0) is 38.5 Å². The molecule has 1 heterocycles. The lowest BCUT2D eigenvalue weighted by Gasteiger charge is -2.26. The number of nitriles is 1. The highest BCUT2D eigenvalue weighted by molar-refractivity contribution is 4.99. The molecule has 1 aliphatic carbocycles. The Morgan fingerprint density at radius 2 is 2.11 bits per heavy atom. The summed E-state index contributed by atoms with van der Waals surface area (Å²) in [6.45, 7) is 4.13. The molecule has 0 saturated heterocycles. The molecule has 1 aromatic rings. The van der Waals surface area contributed by atoms with Crippen molar-refractivity contribution in [1.82, 2.24) is 10.1 Å². The molecular formula is C15H23N3O. The molecule has 1 aliphatic rings. The van der Waals surface area contributed by atoms with Crippen LogP contribution in [0.3, 0.4) is 0 Å². The van der Waals surface area contributed by atoms with E-state index in [9.17, 15) is 0 Å². The first-order valence-electron chi connectivity index (χ1n) is 7.45. The first-order chi connectivity index (χ1) is 9.22. The fourth-order valence-corrected chi connectivity index (χ4v) is 2.94. The second-order valence-electron chi connectivity index (χ2n) is 5.79. The van der Waals surface area contributed by atoms with Gasteiger partial charge in [-0.1, -0.05) is 24.9 Å². The van der Waals surface area contributed by atoms with Crippen molar-refractivity contribution < 1.29 is 4.52 Å². The van der Waals surface area contributed by atoms with E-state index in [0.29, 0.717) is 18.2 Å². The van der Waals surface area contributed by atoms with Gasteiger partial charge in [0.1, 0.15) is 0 Å². The van der Waals surface area contributed by atoms with Crippen LogP contribution >= 0.6 is 0 Å². The topological polar surface area (TPSA) is 62.7 Å². The smallest absolute Gasteiger partial charge is 0.227 e. The molecule has 0 radical (unpaired) electrons. The van der Waals surface area contributed by atoms with Crippen LogP contribution in [0, 0.1) is 23.2 Å². The van der Waals surface area contributed by atoms with Crippen LogP contribution < -0.4 is 0 Å². The maximum Gasteiger partial charge on any atom is 0.227 e. The third kappa shape index (κ3) is 3.79. The van der Waals surface area contributed by atoms with Gasteiger partial charge in [0.2, 0.25) is 5.89 Å². The molecule has 1 unspecified atom stereocenters. The van der Waals surface area contributed by atoms with Crippen molar-refractivity contribution in [2.75, 3.05) is 0 Å². The monoisotopic (exact) mass is 261 g/mol. The second kappa shape index (κ2) is 6.70. The summed E-state index contributed by atoms with van der Waals surface area (Å²) in [5, 5.41) is 12.9. The molecule has 0 aromatic carbocycles. The molecule has 0 spiro atoms. The van der Waals surface area contributed by atoms with Crippen molar-refractivity contribution in [2.24, 2.45) is 11.8 Å². The van der Waals surface area contributed by atoms with Crippen LogP contribution in [0.1, 0.15) is 70.0 Å². The minimum absolute atomic E-state index is 0.0615. The van der Waals surface area contributed by atoms with Gasteiger partial charge in [-0.2, -0.15) is 10.2 Å². The lowest BCUT2D eigenvalue weighted by atomic mass is 9.80. The highest BCUT2D eigenvalue weighted by Gasteiger charge is 2.25. The summed E-state index contributed by atoms with van der Waals surface area (Å²) in [4.78, 5) is 4.46. The first kappa shape index (κ1) is 14.0. The molecule has 104 valence electrons. The van der Waals surface area contributed by atoms with Crippen LogP contribution in [0.2, 0.25) is 0 Å². The molecule has 0 bridgehead atoms. The first-order valence-corrected chi connectivity index (χ1v) is 7.45. The molecule has 1 aromatic heterocycles. The zero-order valence-corrected chi connectivity index (χ0v) is 11.9. The zero-order chi connectivity index (χ0) is 13.7. The van der Waals surface area contributed by atoms with E-state index < -0.39 is 0 Å². The molecule has 0 amide bonds. The van der Waals surface area contributed by atoms with Crippen LogP contribution in [0.25, 0.3) is 0 Å². The zero-order valence-electron chi connectivity index (χ0n) is 11.9. The number of hydrogen-bond acceptors (Lipinski definition) is 4. The average molecular weight is 261 g/mol. The Morgan fingerprint density at radius 1 is 1.37 bits per heavy atom. The second-order valence-corrected chi connectivity index (χ2v) is 5.79. The Bertz CT molecular complexity index is 427. The molecule has 1 atom stereocenters. The molecule has 2 rings (SSSR count). The van der Waals surface area contributed by atoms with Gasteiger partial charge in [-0.25, -0.2) is 0 Å². The largest absolute Gasteiger partial charge is 0.339 e. The summed E-state index contributed by atoms with van der Waals surface area (Å²) < 4.78 is 5.25. The van der Waals surface area contributed by atoms with Gasteiger partial charge < -0.3 is 4.52 Å². The van der Waals surface area contributed by atoms with Gasteiger partial charge in [0.05, 0.1) is 12.0 Å². The Balaban J connectivity index is 1.88. The minimum Gasteiger partial charge on any atom is -0.339 e. The summed E-state index contributed by atoms with van der Waals surface area (Å²) >= 11 is 0. The Labute approximate surface area is 115 Å². The number of hydrogen-bond donors (Lipinski definition) is 0. The van der Waals surface area contributed by atoms with E-state index in [0.717, 1.165) is 11.7 Å². The lowest BCUT2D eigenvalue weighted by Crippen LogP contribution is -2.14. The number of nitrogens with zero attached hydrogens (tertiary/aromatic N) is 3. The van der Waals surface area contributed by atoms with Gasteiger partial charge in [0.15, 0.2) is 5.82 Å². The van der Waals surface area contributed by atoms with E-state index in [-0.39, 0.29) is 5.92 Å². The maximum absolute atomic E-state index is 8.79. The van der Waals surface area contributed by atoms with Gasteiger partial charge in [0.25, 0.3) is 0 Å². The molecule has 4 heteroatoms. The van der Waals surface area contributed by atoms with Crippen LogP contribution in [0.5, 0.6) is 0 Å². The molecule has 19 heavy (non-hydrogen) atoms. The third-order valence-electron chi connectivity index (χ3n) is 4.09. The van der Waals surface area contributed by atoms with E-state index in [1.807, 2.05) is 6.92 Å². The van der Waals surface area contributed by atoms with Crippen LogP contribution in [0.4, 0.5) is 0 Å². The highest BCUT2D eigenvalue weighted by Crippen LogP contribution is 2.36. The van der Waals surface area contributed by atoms with E-state index in [1.54, 1.807) is 0 Å². The van der Waals surface area contributed by atoms with Crippen molar-refractivity contribution in [3.8, 4) is 6.07 Å². The molecule has 1 saturated carbocycles. The minimum atomic E-state index is -0.0615. The average Bonchev–Trinajstić information content (AvgIpc) is 2.88. The predicted molar refractivity (Wildman–Crippen MR) is 72.4 cm³/mol. The Morgan fingerprint density at radius 3 is 2.74 bits per heavy atom. The quantitative estimate of drug-likeness (QED) is 0.807. The van der Waals surface area contributed by atoms with Crippen molar-refractivity contribution in [3.63, 3.8) is 0 Å². The van der Waals surface area contributed by atoms with Crippen molar-refractivity contribution in [1.29, 1.82) is 5.26 Å². The standard InChI is InChI=1S/C15H23N3O/c1-3-4-12-5-7-13(8-6-12)15-17-14(19-18-15)9-11(2)10-16/h11-13H,3-9H2,1-2H3. The molecule has 0 aliphatic heterocycles. The molecule has 0 N–H and O–H groups in total. The van der Waals surface area contributed by atoms with Gasteiger partial charge >= 0.3 is 0 Å². The number of aromatic nitrogens is 2. The van der Waals surface area contributed by atoms with Crippen molar-refractivity contribution in [3.05, 3.63) is 11.7 Å². The molecule has 1 fully saturated rings. The van der Waals surface area contributed by atoms with E-state index >= 15 is 0 Å². The number of rotatable bonds is 5. The normalized spacial score (nSPS) is 24.9. The van der Waals surface area contributed by atoms with Gasteiger partial charge in [-0.15, -0.1) is 0 Å². The summed E-state index contributed by atoms with van der Waals surface area (Å²) in [5.74, 6) is 2.76. The fraction of sp³-hybridized carbons (Fsp3) is 0.800. The van der Waals surface area contributed by atoms with E-state index in [2.05, 4.69) is 23.1 Å². The maximum atomic E-state index is 8.79. The third-order valence-corrected chi connectivity index (χ3v) is 4.09. The summed E-state index contributed by atoms with van der Waals surface area (Å²) in [6, 6.07) is 2.19. The van der Waals surface area contributed by atoms with Gasteiger partial charge in [0, 0.05) is 12.3 Å². The van der Waals surface area contributed by atoms with Crippen LogP contribution in [-0.4, -0.2) is 10.1 Å². The van der Waals surface area contributed by atoms with Gasteiger partial charge in [-0.3, -0.25) is 0 Å². The summed E-state index contributed by atoms with van der Waals surface area (Å²) in [7, 11) is 0. The molecular weight excluding hydrogens is 238 g/mol. The van der Waals surface area contributed by atoms with Crippen molar-refractivity contribution >= 4 is 0 Å². The highest BCUT2D eigenvalue weighted by atomic mass is 16.5. The van der Waals surface area contributed by atoms with Crippen molar-refractivity contribution in [2.45, 2.75) is 64.7 Å². The van der Waals surface area contributed by atoms with Crippen LogP contribution in [-0.2, 0) is 6.42 Å². The summed E-state index contributed by atoms with van der Waals surface area (Å²) in [5.41, 5.74) is 0. The SMILES string of the molecule is CCCC1CCC(c2noc(CC(C)C#N)n2)CC1.